The van der Waals surface area contributed by atoms with Crippen LogP contribution in [0.3, 0.4) is 0 Å². The highest BCUT2D eigenvalue weighted by atomic mass is 32.1. The van der Waals surface area contributed by atoms with Crippen LogP contribution in [0.25, 0.3) is 27.3 Å². The number of hydrogen-bond acceptors (Lipinski definition) is 5. The van der Waals surface area contributed by atoms with E-state index in [4.69, 9.17) is 9.40 Å². The number of H-pyrrole nitrogens is 1. The fourth-order valence-corrected chi connectivity index (χ4v) is 4.67. The third kappa shape index (κ3) is 1.91. The van der Waals surface area contributed by atoms with Gasteiger partial charge in [0.1, 0.15) is 0 Å². The Morgan fingerprint density at radius 2 is 2.33 bits per heavy atom. The number of nitrogens with zero attached hydrogens (tertiary/aromatic N) is 2. The summed E-state index contributed by atoms with van der Waals surface area (Å²) in [5.41, 5.74) is 5.87. The largest absolute Gasteiger partial charge is 0.417 e. The van der Waals surface area contributed by atoms with E-state index in [1.807, 2.05) is 18.2 Å². The van der Waals surface area contributed by atoms with E-state index >= 15 is 0 Å². The summed E-state index contributed by atoms with van der Waals surface area (Å²) in [7, 11) is 0. The Balaban J connectivity index is 1.75. The molecule has 6 nitrogen and oxygen atoms in total. The molecule has 2 N–H and O–H groups in total. The van der Waals surface area contributed by atoms with Crippen molar-refractivity contribution in [1.82, 2.24) is 19.7 Å². The van der Waals surface area contributed by atoms with Crippen LogP contribution in [0.1, 0.15) is 23.2 Å². The van der Waals surface area contributed by atoms with Crippen LogP contribution in [-0.2, 0) is 19.4 Å². The van der Waals surface area contributed by atoms with Crippen LogP contribution < -0.4 is 11.1 Å². The highest BCUT2D eigenvalue weighted by Crippen LogP contribution is 2.33. The first-order valence-electron chi connectivity index (χ1n) is 8.10. The lowest BCUT2D eigenvalue weighted by Gasteiger charge is -2.13. The lowest BCUT2D eigenvalue weighted by molar-refractivity contribution is 0.555. The second-order valence-electron chi connectivity index (χ2n) is 6.00. The Morgan fingerprint density at radius 3 is 3.21 bits per heavy atom. The van der Waals surface area contributed by atoms with E-state index in [0.717, 1.165) is 42.1 Å². The molecule has 0 saturated carbocycles. The van der Waals surface area contributed by atoms with Gasteiger partial charge in [0.05, 0.1) is 16.9 Å². The van der Waals surface area contributed by atoms with Crippen LogP contribution >= 0.6 is 11.3 Å². The van der Waals surface area contributed by atoms with Crippen molar-refractivity contribution in [3.63, 3.8) is 0 Å². The standard InChI is InChI=1S/C17H16N4O2S/c1-2-11-15(9-3-4-10-13(7-9)23-17(22)19-10)20-16-21(11)12-5-6-18-8-14(12)24-16/h3-4,7,18H,2,5-6,8H2,1H3,(H,19,22). The monoisotopic (exact) mass is 340 g/mol. The number of oxazole rings is 1. The van der Waals surface area contributed by atoms with E-state index in [-0.39, 0.29) is 0 Å². The van der Waals surface area contributed by atoms with Gasteiger partial charge in [-0.25, -0.2) is 9.78 Å². The molecule has 5 rings (SSSR count). The minimum atomic E-state index is -0.426. The van der Waals surface area contributed by atoms with Crippen molar-refractivity contribution in [2.75, 3.05) is 6.54 Å². The molecule has 1 aromatic carbocycles. The van der Waals surface area contributed by atoms with Gasteiger partial charge >= 0.3 is 5.76 Å². The van der Waals surface area contributed by atoms with Gasteiger partial charge in [-0.05, 0) is 18.6 Å². The topological polar surface area (TPSA) is 75.3 Å². The van der Waals surface area contributed by atoms with Crippen LogP contribution in [0.4, 0.5) is 0 Å². The van der Waals surface area contributed by atoms with E-state index in [9.17, 15) is 4.79 Å². The predicted octanol–water partition coefficient (Wildman–Crippen LogP) is 2.71. The number of benzene rings is 1. The van der Waals surface area contributed by atoms with Crippen LogP contribution in [0.2, 0.25) is 0 Å². The van der Waals surface area contributed by atoms with E-state index < -0.39 is 5.76 Å². The van der Waals surface area contributed by atoms with Crippen molar-refractivity contribution in [1.29, 1.82) is 0 Å². The Bertz CT molecular complexity index is 1130. The summed E-state index contributed by atoms with van der Waals surface area (Å²) in [6.07, 6.45) is 1.94. The van der Waals surface area contributed by atoms with Gasteiger partial charge in [-0.3, -0.25) is 9.38 Å². The van der Waals surface area contributed by atoms with Gasteiger partial charge in [0.2, 0.25) is 0 Å². The van der Waals surface area contributed by atoms with Crippen LogP contribution in [-0.4, -0.2) is 20.9 Å². The lowest BCUT2D eigenvalue weighted by Crippen LogP contribution is -2.23. The fourth-order valence-electron chi connectivity index (χ4n) is 3.52. The summed E-state index contributed by atoms with van der Waals surface area (Å²) in [4.78, 5) is 21.4. The summed E-state index contributed by atoms with van der Waals surface area (Å²) in [5, 5.41) is 3.42. The van der Waals surface area contributed by atoms with E-state index in [1.54, 1.807) is 11.3 Å². The van der Waals surface area contributed by atoms with Gasteiger partial charge < -0.3 is 9.73 Å². The summed E-state index contributed by atoms with van der Waals surface area (Å²) in [6.45, 7) is 4.10. The minimum absolute atomic E-state index is 0.426. The normalized spacial score (nSPS) is 14.5. The summed E-state index contributed by atoms with van der Waals surface area (Å²) < 4.78 is 7.53. The zero-order chi connectivity index (χ0) is 16.3. The maximum absolute atomic E-state index is 11.4. The van der Waals surface area contributed by atoms with Crippen molar-refractivity contribution in [2.45, 2.75) is 26.3 Å². The van der Waals surface area contributed by atoms with Gasteiger partial charge in [0.15, 0.2) is 10.5 Å². The van der Waals surface area contributed by atoms with Crippen LogP contribution in [0.5, 0.6) is 0 Å². The zero-order valence-electron chi connectivity index (χ0n) is 13.2. The molecule has 0 atom stereocenters. The molecule has 0 amide bonds. The second kappa shape index (κ2) is 5.06. The first-order chi connectivity index (χ1) is 11.7. The molecular formula is C17H16N4O2S. The number of fused-ring (bicyclic) bond motifs is 4. The third-order valence-electron chi connectivity index (χ3n) is 4.60. The number of imidazole rings is 1. The molecule has 24 heavy (non-hydrogen) atoms. The minimum Gasteiger partial charge on any atom is -0.408 e. The van der Waals surface area contributed by atoms with Crippen molar-refractivity contribution >= 4 is 27.4 Å². The molecule has 3 aromatic heterocycles. The molecule has 0 bridgehead atoms. The molecule has 4 aromatic rings. The highest BCUT2D eigenvalue weighted by Gasteiger charge is 2.22. The maximum Gasteiger partial charge on any atom is 0.417 e. The number of rotatable bonds is 2. The fraction of sp³-hybridized carbons (Fsp3) is 0.294. The average molecular weight is 340 g/mol. The molecule has 1 aliphatic rings. The summed E-state index contributed by atoms with van der Waals surface area (Å²) in [5.74, 6) is -0.426. The van der Waals surface area contributed by atoms with Gasteiger partial charge in [-0.15, -0.1) is 0 Å². The van der Waals surface area contributed by atoms with E-state index in [2.05, 4.69) is 21.6 Å². The Kier molecular flexibility index (Phi) is 2.95. The number of aromatic nitrogens is 3. The Hall–Kier alpha value is -2.38. The molecule has 0 fully saturated rings. The second-order valence-corrected chi connectivity index (χ2v) is 7.06. The molecule has 0 unspecified atom stereocenters. The van der Waals surface area contributed by atoms with Gasteiger partial charge in [-0.2, -0.15) is 0 Å². The molecule has 0 saturated heterocycles. The van der Waals surface area contributed by atoms with Crippen molar-refractivity contribution in [3.05, 3.63) is 45.0 Å². The molecule has 1 aliphatic heterocycles. The Morgan fingerprint density at radius 1 is 1.42 bits per heavy atom. The maximum atomic E-state index is 11.4. The molecule has 4 heterocycles. The smallest absolute Gasteiger partial charge is 0.408 e. The summed E-state index contributed by atoms with van der Waals surface area (Å²) >= 11 is 1.76. The predicted molar refractivity (Wildman–Crippen MR) is 93.7 cm³/mol. The van der Waals surface area contributed by atoms with E-state index in [0.29, 0.717) is 11.1 Å². The highest BCUT2D eigenvalue weighted by molar-refractivity contribution is 7.17. The van der Waals surface area contributed by atoms with Gasteiger partial charge in [0, 0.05) is 35.6 Å². The molecule has 0 spiro atoms. The average Bonchev–Trinajstić information content (AvgIpc) is 3.23. The zero-order valence-corrected chi connectivity index (χ0v) is 14.0. The SMILES string of the molecule is CCc1c(-c2ccc3[nH]c(=O)oc3c2)nc2sc3c(n12)CCNC3. The number of aryl methyl sites for hydroxylation is 1. The number of thiazole rings is 1. The number of hydrogen-bond donors (Lipinski definition) is 2. The Labute approximate surface area is 141 Å². The first kappa shape index (κ1) is 14.0. The molecule has 7 heteroatoms. The molecule has 0 aliphatic carbocycles. The van der Waals surface area contributed by atoms with E-state index in [1.165, 1.54) is 16.3 Å². The molecule has 0 radical (unpaired) electrons. The molecule has 122 valence electrons. The van der Waals surface area contributed by atoms with Crippen molar-refractivity contribution in [3.8, 4) is 11.3 Å². The van der Waals surface area contributed by atoms with Crippen LogP contribution in [0, 0.1) is 0 Å². The number of nitrogens with one attached hydrogen (secondary N) is 2. The number of aromatic amines is 1. The molecular weight excluding hydrogens is 324 g/mol. The first-order valence-corrected chi connectivity index (χ1v) is 8.92. The van der Waals surface area contributed by atoms with Crippen LogP contribution in [0.15, 0.2) is 27.4 Å². The summed E-state index contributed by atoms with van der Waals surface area (Å²) in [6, 6.07) is 5.77. The van der Waals surface area contributed by atoms with Gasteiger partial charge in [-0.1, -0.05) is 24.3 Å². The lowest BCUT2D eigenvalue weighted by atomic mass is 10.1. The third-order valence-corrected chi connectivity index (χ3v) is 5.68. The van der Waals surface area contributed by atoms with Crippen molar-refractivity contribution < 1.29 is 4.42 Å². The quantitative estimate of drug-likeness (QED) is 0.588. The van der Waals surface area contributed by atoms with Crippen molar-refractivity contribution in [2.24, 2.45) is 0 Å². The van der Waals surface area contributed by atoms with Gasteiger partial charge in [0.25, 0.3) is 0 Å².